The Labute approximate surface area is 86.7 Å². The Morgan fingerprint density at radius 3 is 3.14 bits per heavy atom. The molecule has 1 atom stereocenters. The zero-order valence-corrected chi connectivity index (χ0v) is 8.54. The first-order valence-electron chi connectivity index (χ1n) is 4.13. The lowest BCUT2D eigenvalue weighted by atomic mass is 10.3. The summed E-state index contributed by atoms with van der Waals surface area (Å²) in [5.74, 6) is -0.245. The van der Waals surface area contributed by atoms with Crippen molar-refractivity contribution in [3.05, 3.63) is 28.5 Å². The number of carbonyl (C=O) groups is 1. The van der Waals surface area contributed by atoms with Crippen LogP contribution >= 0.6 is 11.3 Å². The van der Waals surface area contributed by atoms with Crippen LogP contribution in [-0.2, 0) is 4.79 Å². The van der Waals surface area contributed by atoms with E-state index in [0.717, 1.165) is 5.56 Å². The van der Waals surface area contributed by atoms with Crippen LogP contribution in [-0.4, -0.2) is 11.9 Å². The van der Waals surface area contributed by atoms with Crippen molar-refractivity contribution >= 4 is 23.3 Å². The SMILES string of the molecule is C[C@@H](C#N)NC(=O)/C=C\c1ccsc1. The van der Waals surface area contributed by atoms with Crippen LogP contribution in [0, 0.1) is 11.3 Å². The highest BCUT2D eigenvalue weighted by molar-refractivity contribution is 7.08. The molecule has 72 valence electrons. The summed E-state index contributed by atoms with van der Waals surface area (Å²) in [5.41, 5.74) is 0.995. The van der Waals surface area contributed by atoms with Crippen molar-refractivity contribution in [3.63, 3.8) is 0 Å². The second-order valence-electron chi connectivity index (χ2n) is 2.75. The smallest absolute Gasteiger partial charge is 0.245 e. The van der Waals surface area contributed by atoms with Gasteiger partial charge in [0.1, 0.15) is 6.04 Å². The first kappa shape index (κ1) is 10.5. The number of rotatable bonds is 3. The Bertz CT molecular complexity index is 362. The molecule has 0 unspecified atom stereocenters. The first-order valence-corrected chi connectivity index (χ1v) is 5.07. The quantitative estimate of drug-likeness (QED) is 0.766. The van der Waals surface area contributed by atoms with Gasteiger partial charge in [-0.3, -0.25) is 4.79 Å². The molecule has 0 saturated carbocycles. The predicted octanol–water partition coefficient (Wildman–Crippen LogP) is 1.79. The maximum atomic E-state index is 11.2. The van der Waals surface area contributed by atoms with E-state index in [-0.39, 0.29) is 5.91 Å². The first-order chi connectivity index (χ1) is 6.72. The molecule has 0 aliphatic heterocycles. The van der Waals surface area contributed by atoms with E-state index in [0.29, 0.717) is 0 Å². The number of carbonyl (C=O) groups excluding carboxylic acids is 1. The van der Waals surface area contributed by atoms with Crippen LogP contribution in [0.4, 0.5) is 0 Å². The molecule has 0 aliphatic carbocycles. The molecule has 1 aromatic heterocycles. The molecule has 4 heteroatoms. The van der Waals surface area contributed by atoms with Gasteiger partial charge in [-0.15, -0.1) is 0 Å². The highest BCUT2D eigenvalue weighted by atomic mass is 32.1. The topological polar surface area (TPSA) is 52.9 Å². The Kier molecular flexibility index (Phi) is 3.89. The van der Waals surface area contributed by atoms with Gasteiger partial charge in [-0.2, -0.15) is 16.6 Å². The fraction of sp³-hybridized carbons (Fsp3) is 0.200. The molecule has 1 N–H and O–H groups in total. The van der Waals surface area contributed by atoms with Gasteiger partial charge >= 0.3 is 0 Å². The Morgan fingerprint density at radius 1 is 1.79 bits per heavy atom. The van der Waals surface area contributed by atoms with Gasteiger partial charge in [-0.1, -0.05) is 0 Å². The largest absolute Gasteiger partial charge is 0.337 e. The average Bonchev–Trinajstić information content (AvgIpc) is 2.67. The molecule has 14 heavy (non-hydrogen) atoms. The lowest BCUT2D eigenvalue weighted by Gasteiger charge is -2.01. The van der Waals surface area contributed by atoms with E-state index in [9.17, 15) is 4.79 Å². The van der Waals surface area contributed by atoms with Gasteiger partial charge in [0, 0.05) is 6.08 Å². The van der Waals surface area contributed by atoms with Crippen molar-refractivity contribution in [1.82, 2.24) is 5.32 Å². The zero-order valence-electron chi connectivity index (χ0n) is 7.73. The van der Waals surface area contributed by atoms with Crippen molar-refractivity contribution < 1.29 is 4.79 Å². The van der Waals surface area contributed by atoms with Crippen molar-refractivity contribution in [3.8, 4) is 6.07 Å². The van der Waals surface area contributed by atoms with E-state index in [4.69, 9.17) is 5.26 Å². The zero-order chi connectivity index (χ0) is 10.4. The highest BCUT2D eigenvalue weighted by Gasteiger charge is 2.00. The van der Waals surface area contributed by atoms with Crippen LogP contribution < -0.4 is 5.32 Å². The summed E-state index contributed by atoms with van der Waals surface area (Å²) in [6.07, 6.45) is 3.14. The molecule has 0 spiro atoms. The van der Waals surface area contributed by atoms with E-state index >= 15 is 0 Å². The highest BCUT2D eigenvalue weighted by Crippen LogP contribution is 2.07. The lowest BCUT2D eigenvalue weighted by Crippen LogP contribution is -2.29. The van der Waals surface area contributed by atoms with Crippen molar-refractivity contribution in [1.29, 1.82) is 5.26 Å². The van der Waals surface area contributed by atoms with Gasteiger partial charge in [0.15, 0.2) is 0 Å². The Balaban J connectivity index is 2.46. The minimum Gasteiger partial charge on any atom is -0.337 e. The molecular formula is C10H10N2OS. The van der Waals surface area contributed by atoms with Gasteiger partial charge < -0.3 is 5.32 Å². The molecule has 3 nitrogen and oxygen atoms in total. The summed E-state index contributed by atoms with van der Waals surface area (Å²) in [7, 11) is 0. The second kappa shape index (κ2) is 5.20. The average molecular weight is 206 g/mol. The third kappa shape index (κ3) is 3.42. The third-order valence-corrected chi connectivity index (χ3v) is 2.22. The maximum absolute atomic E-state index is 11.2. The number of nitrogens with zero attached hydrogens (tertiary/aromatic N) is 1. The van der Waals surface area contributed by atoms with E-state index in [1.54, 1.807) is 24.3 Å². The molecule has 0 aromatic carbocycles. The number of hydrogen-bond donors (Lipinski definition) is 1. The van der Waals surface area contributed by atoms with Crippen molar-refractivity contribution in [2.45, 2.75) is 13.0 Å². The number of amides is 1. The predicted molar refractivity (Wildman–Crippen MR) is 56.6 cm³/mol. The molecule has 1 heterocycles. The summed E-state index contributed by atoms with van der Waals surface area (Å²) in [4.78, 5) is 11.2. The molecule has 0 fully saturated rings. The lowest BCUT2D eigenvalue weighted by molar-refractivity contribution is -0.116. The maximum Gasteiger partial charge on any atom is 0.245 e. The van der Waals surface area contributed by atoms with Crippen LogP contribution in [0.5, 0.6) is 0 Å². The molecule has 1 rings (SSSR count). The molecule has 0 aliphatic rings. The van der Waals surface area contributed by atoms with Crippen LogP contribution in [0.25, 0.3) is 6.08 Å². The number of nitriles is 1. The summed E-state index contributed by atoms with van der Waals surface area (Å²) in [6, 6.07) is 3.39. The minimum absolute atomic E-state index is 0.245. The van der Waals surface area contributed by atoms with Gasteiger partial charge in [0.2, 0.25) is 5.91 Å². The van der Waals surface area contributed by atoms with Crippen LogP contribution in [0.3, 0.4) is 0 Å². The van der Waals surface area contributed by atoms with Crippen LogP contribution in [0.2, 0.25) is 0 Å². The Hall–Kier alpha value is -1.60. The monoisotopic (exact) mass is 206 g/mol. The van der Waals surface area contributed by atoms with Crippen LogP contribution in [0.15, 0.2) is 22.9 Å². The van der Waals surface area contributed by atoms with E-state index in [1.807, 2.05) is 22.9 Å². The van der Waals surface area contributed by atoms with Gasteiger partial charge in [0.25, 0.3) is 0 Å². The normalized spacial score (nSPS) is 12.3. The van der Waals surface area contributed by atoms with Gasteiger partial charge in [-0.05, 0) is 35.4 Å². The minimum atomic E-state index is -0.449. The molecule has 1 amide bonds. The molecule has 0 radical (unpaired) electrons. The standard InChI is InChI=1S/C10H10N2OS/c1-8(6-11)12-10(13)3-2-9-4-5-14-7-9/h2-5,7-8H,1H3,(H,12,13)/b3-2-/t8-/m0/s1. The fourth-order valence-corrected chi connectivity index (χ4v) is 1.46. The summed E-state index contributed by atoms with van der Waals surface area (Å²) in [6.45, 7) is 1.64. The third-order valence-electron chi connectivity index (χ3n) is 1.52. The molecular weight excluding hydrogens is 196 g/mol. The Morgan fingerprint density at radius 2 is 2.57 bits per heavy atom. The number of hydrogen-bond acceptors (Lipinski definition) is 3. The molecule has 0 saturated heterocycles. The summed E-state index contributed by atoms with van der Waals surface area (Å²) in [5, 5.41) is 14.8. The molecule has 1 aromatic rings. The summed E-state index contributed by atoms with van der Waals surface area (Å²) >= 11 is 1.57. The van der Waals surface area contributed by atoms with E-state index < -0.39 is 6.04 Å². The van der Waals surface area contributed by atoms with Crippen LogP contribution in [0.1, 0.15) is 12.5 Å². The van der Waals surface area contributed by atoms with E-state index in [1.165, 1.54) is 6.08 Å². The second-order valence-corrected chi connectivity index (χ2v) is 3.53. The number of nitrogens with one attached hydrogen (secondary N) is 1. The summed E-state index contributed by atoms with van der Waals surface area (Å²) < 4.78 is 0. The van der Waals surface area contributed by atoms with Gasteiger partial charge in [0.05, 0.1) is 6.07 Å². The fourth-order valence-electron chi connectivity index (χ4n) is 0.836. The van der Waals surface area contributed by atoms with Crippen molar-refractivity contribution in [2.24, 2.45) is 0 Å². The number of thiophene rings is 1. The van der Waals surface area contributed by atoms with Gasteiger partial charge in [-0.25, -0.2) is 0 Å². The van der Waals surface area contributed by atoms with E-state index in [2.05, 4.69) is 5.32 Å². The molecule has 0 bridgehead atoms. The van der Waals surface area contributed by atoms with Crippen molar-refractivity contribution in [2.75, 3.05) is 0 Å².